The van der Waals surface area contributed by atoms with E-state index in [1.165, 1.54) is 17.7 Å². The van der Waals surface area contributed by atoms with E-state index in [4.69, 9.17) is 0 Å². The van der Waals surface area contributed by atoms with Gasteiger partial charge in [0.15, 0.2) is 0 Å². The summed E-state index contributed by atoms with van der Waals surface area (Å²) in [4.78, 5) is 17.3. The molecule has 2 aliphatic rings. The molecule has 1 saturated heterocycles. The molecule has 1 N–H and O–H groups in total. The topological polar surface area (TPSA) is 69.7 Å². The summed E-state index contributed by atoms with van der Waals surface area (Å²) in [5, 5.41) is 0. The fraction of sp³-hybridized carbons (Fsp3) is 0.381. The highest BCUT2D eigenvalue weighted by molar-refractivity contribution is 9.10. The minimum Gasteiger partial charge on any atom is -0.368 e. The van der Waals surface area contributed by atoms with Crippen molar-refractivity contribution in [3.05, 3.63) is 58.1 Å². The van der Waals surface area contributed by atoms with Crippen LogP contribution in [0.1, 0.15) is 28.8 Å². The van der Waals surface area contributed by atoms with Crippen LogP contribution in [0.4, 0.5) is 5.69 Å². The zero-order chi connectivity index (χ0) is 20.6. The summed E-state index contributed by atoms with van der Waals surface area (Å²) in [5.74, 6) is -0.149. The smallest absolute Gasteiger partial charge is 0.255 e. The van der Waals surface area contributed by atoms with Crippen molar-refractivity contribution in [1.82, 2.24) is 9.62 Å². The molecule has 2 aromatic rings. The van der Waals surface area contributed by atoms with Gasteiger partial charge in [-0.1, -0.05) is 12.1 Å². The number of amides is 1. The van der Waals surface area contributed by atoms with E-state index < -0.39 is 10.0 Å². The van der Waals surface area contributed by atoms with E-state index in [0.717, 1.165) is 31.6 Å². The van der Waals surface area contributed by atoms with Gasteiger partial charge in [-0.25, -0.2) is 13.1 Å². The molecule has 0 unspecified atom stereocenters. The normalized spacial score (nSPS) is 17.4. The van der Waals surface area contributed by atoms with E-state index in [-0.39, 0.29) is 16.8 Å². The summed E-state index contributed by atoms with van der Waals surface area (Å²) in [7, 11) is -3.60. The van der Waals surface area contributed by atoms with Gasteiger partial charge in [-0.15, -0.1) is 0 Å². The van der Waals surface area contributed by atoms with Crippen molar-refractivity contribution in [3.63, 3.8) is 0 Å². The lowest BCUT2D eigenvalue weighted by molar-refractivity contribution is 0.0745. The lowest BCUT2D eigenvalue weighted by Crippen LogP contribution is -2.48. The minimum atomic E-state index is -3.60. The maximum absolute atomic E-state index is 13.1. The summed E-state index contributed by atoms with van der Waals surface area (Å²) in [6.07, 6.45) is 1.74. The van der Waals surface area contributed by atoms with Gasteiger partial charge in [-0.2, -0.15) is 0 Å². The number of sulfonamides is 1. The lowest BCUT2D eigenvalue weighted by Gasteiger charge is -2.36. The predicted octanol–water partition coefficient (Wildman–Crippen LogP) is 3.16. The van der Waals surface area contributed by atoms with Gasteiger partial charge >= 0.3 is 0 Å². The molecule has 6 nitrogen and oxygen atoms in total. The molecule has 0 aromatic heterocycles. The third-order valence-corrected chi connectivity index (χ3v) is 7.52. The summed E-state index contributed by atoms with van der Waals surface area (Å²) >= 11 is 3.41. The van der Waals surface area contributed by atoms with Crippen molar-refractivity contribution >= 4 is 37.5 Å². The Morgan fingerprint density at radius 1 is 1.07 bits per heavy atom. The molecule has 2 aromatic carbocycles. The van der Waals surface area contributed by atoms with Gasteiger partial charge in [0.05, 0.1) is 10.5 Å². The summed E-state index contributed by atoms with van der Waals surface area (Å²) in [6.45, 7) is 4.75. The number of anilines is 1. The highest BCUT2D eigenvalue weighted by Gasteiger charge is 2.29. The van der Waals surface area contributed by atoms with Crippen molar-refractivity contribution < 1.29 is 13.2 Å². The molecule has 1 aliphatic heterocycles. The first-order valence-corrected chi connectivity index (χ1v) is 12.0. The number of benzene rings is 2. The molecule has 8 heteroatoms. The van der Waals surface area contributed by atoms with Crippen LogP contribution in [0.3, 0.4) is 0 Å². The van der Waals surface area contributed by atoms with Crippen molar-refractivity contribution in [1.29, 1.82) is 0 Å². The number of halogens is 1. The zero-order valence-corrected chi connectivity index (χ0v) is 18.7. The molecule has 1 amide bonds. The second-order valence-electron chi connectivity index (χ2n) is 7.66. The molecule has 2 fully saturated rings. The predicted molar refractivity (Wildman–Crippen MR) is 117 cm³/mol. The molecule has 4 rings (SSSR count). The number of aryl methyl sites for hydroxylation is 1. The molecule has 0 radical (unpaired) electrons. The number of rotatable bonds is 5. The van der Waals surface area contributed by atoms with Crippen molar-refractivity contribution in [2.75, 3.05) is 31.1 Å². The molecular formula is C21H24BrN3O3S. The fourth-order valence-corrected chi connectivity index (χ4v) is 5.23. The van der Waals surface area contributed by atoms with Gasteiger partial charge in [0.1, 0.15) is 0 Å². The van der Waals surface area contributed by atoms with E-state index in [0.29, 0.717) is 23.1 Å². The Labute approximate surface area is 180 Å². The van der Waals surface area contributed by atoms with Crippen LogP contribution >= 0.6 is 15.9 Å². The van der Waals surface area contributed by atoms with Crippen LogP contribution in [-0.2, 0) is 10.0 Å². The van der Waals surface area contributed by atoms with Crippen LogP contribution in [0.5, 0.6) is 0 Å². The summed E-state index contributed by atoms with van der Waals surface area (Å²) in [6, 6.07) is 13.0. The average molecular weight is 478 g/mol. The van der Waals surface area contributed by atoms with Crippen LogP contribution in [0.2, 0.25) is 0 Å². The Morgan fingerprint density at radius 2 is 1.79 bits per heavy atom. The van der Waals surface area contributed by atoms with Crippen molar-refractivity contribution in [2.45, 2.75) is 30.7 Å². The van der Waals surface area contributed by atoms with Gasteiger partial charge in [-0.05, 0) is 71.6 Å². The van der Waals surface area contributed by atoms with E-state index in [1.54, 1.807) is 11.0 Å². The molecule has 154 valence electrons. The molecule has 29 heavy (non-hydrogen) atoms. The largest absolute Gasteiger partial charge is 0.368 e. The quantitative estimate of drug-likeness (QED) is 0.717. The SMILES string of the molecule is Cc1cccc(N2CCN(C(=O)c3cc(S(=O)(=O)NC4CC4)ccc3Br)CC2)c1. The lowest BCUT2D eigenvalue weighted by atomic mass is 10.1. The monoisotopic (exact) mass is 477 g/mol. The number of piperazine rings is 1. The number of hydrogen-bond donors (Lipinski definition) is 1. The Hall–Kier alpha value is -1.90. The maximum atomic E-state index is 13.1. The van der Waals surface area contributed by atoms with E-state index in [2.05, 4.69) is 50.7 Å². The Balaban J connectivity index is 1.48. The third-order valence-electron chi connectivity index (χ3n) is 5.31. The van der Waals surface area contributed by atoms with E-state index >= 15 is 0 Å². The van der Waals surface area contributed by atoms with Gasteiger partial charge < -0.3 is 9.80 Å². The van der Waals surface area contributed by atoms with Crippen molar-refractivity contribution in [2.24, 2.45) is 0 Å². The number of nitrogens with one attached hydrogen (secondary N) is 1. The number of carbonyl (C=O) groups is 1. The van der Waals surface area contributed by atoms with Gasteiger partial charge in [0, 0.05) is 42.4 Å². The van der Waals surface area contributed by atoms with Gasteiger partial charge in [-0.3, -0.25) is 4.79 Å². The van der Waals surface area contributed by atoms with Crippen LogP contribution in [0, 0.1) is 6.92 Å². The number of nitrogens with zero attached hydrogens (tertiary/aromatic N) is 2. The first-order chi connectivity index (χ1) is 13.8. The molecular weight excluding hydrogens is 454 g/mol. The van der Waals surface area contributed by atoms with Crippen LogP contribution < -0.4 is 9.62 Å². The minimum absolute atomic E-state index is 0.0255. The van der Waals surface area contributed by atoms with Gasteiger partial charge in [0.25, 0.3) is 5.91 Å². The molecule has 0 spiro atoms. The van der Waals surface area contributed by atoms with Crippen LogP contribution in [-0.4, -0.2) is 51.4 Å². The highest BCUT2D eigenvalue weighted by Crippen LogP contribution is 2.26. The highest BCUT2D eigenvalue weighted by atomic mass is 79.9. The third kappa shape index (κ3) is 4.65. The Morgan fingerprint density at radius 3 is 2.45 bits per heavy atom. The van der Waals surface area contributed by atoms with Crippen LogP contribution in [0.25, 0.3) is 0 Å². The molecule has 0 atom stereocenters. The molecule has 1 saturated carbocycles. The molecule has 1 heterocycles. The Bertz CT molecular complexity index is 1030. The van der Waals surface area contributed by atoms with Crippen LogP contribution in [0.15, 0.2) is 51.8 Å². The van der Waals surface area contributed by atoms with Gasteiger partial charge in [0.2, 0.25) is 10.0 Å². The first kappa shape index (κ1) is 20.4. The first-order valence-electron chi connectivity index (χ1n) is 9.76. The van der Waals surface area contributed by atoms with E-state index in [9.17, 15) is 13.2 Å². The second-order valence-corrected chi connectivity index (χ2v) is 10.2. The standard InChI is InChI=1S/C21H24BrN3O3S/c1-15-3-2-4-17(13-15)24-9-11-25(12-10-24)21(26)19-14-18(7-8-20(19)22)29(27,28)23-16-5-6-16/h2-4,7-8,13-14,16,23H,5-6,9-12H2,1H3. The van der Waals surface area contributed by atoms with Crippen molar-refractivity contribution in [3.8, 4) is 0 Å². The maximum Gasteiger partial charge on any atom is 0.255 e. The molecule has 0 bridgehead atoms. The van der Waals surface area contributed by atoms with E-state index in [1.807, 2.05) is 6.07 Å². The average Bonchev–Trinajstić information content (AvgIpc) is 3.51. The number of carbonyl (C=O) groups excluding carboxylic acids is 1. The fourth-order valence-electron chi connectivity index (χ4n) is 3.49. The second kappa shape index (κ2) is 8.08. The summed E-state index contributed by atoms with van der Waals surface area (Å²) in [5.41, 5.74) is 2.76. The number of hydrogen-bond acceptors (Lipinski definition) is 4. The molecule has 1 aliphatic carbocycles. The Kier molecular flexibility index (Phi) is 5.68. The zero-order valence-electron chi connectivity index (χ0n) is 16.3. The summed E-state index contributed by atoms with van der Waals surface area (Å²) < 4.78 is 28.3.